The van der Waals surface area contributed by atoms with Crippen LogP contribution in [0, 0.1) is 23.7 Å². The molecule has 1 spiro atoms. The molecule has 0 amide bonds. The molecule has 9 heteroatoms. The lowest BCUT2D eigenvalue weighted by atomic mass is 9.53. The van der Waals surface area contributed by atoms with Crippen LogP contribution in [0.5, 0.6) is 5.75 Å². The molecule has 222 valence electrons. The fourth-order valence-corrected chi connectivity index (χ4v) is 8.52. The van der Waals surface area contributed by atoms with Gasteiger partial charge in [-0.2, -0.15) is 9.78 Å². The van der Waals surface area contributed by atoms with E-state index in [1.165, 1.54) is 12.0 Å². The quantitative estimate of drug-likeness (QED) is 0.540. The Morgan fingerprint density at radius 3 is 1.62 bits per heavy atom. The van der Waals surface area contributed by atoms with Crippen molar-refractivity contribution >= 4 is 0 Å². The molecule has 4 aliphatic carbocycles. The topological polar surface area (TPSA) is 82.1 Å². The zero-order valence-corrected chi connectivity index (χ0v) is 23.8. The molecule has 0 atom stereocenters. The summed E-state index contributed by atoms with van der Waals surface area (Å²) in [6, 6.07) is 4.40. The Balaban J connectivity index is 1.07. The number of ether oxygens (including phenoxy) is 2. The highest BCUT2D eigenvalue weighted by Crippen LogP contribution is 2.60. The van der Waals surface area contributed by atoms with Gasteiger partial charge in [0.25, 0.3) is 0 Å². The predicted octanol–water partition coefficient (Wildman–Crippen LogP) is 3.98. The van der Waals surface area contributed by atoms with Crippen LogP contribution in [0.15, 0.2) is 12.1 Å². The molecule has 7 fully saturated rings. The minimum absolute atomic E-state index is 0.215. The third-order valence-electron chi connectivity index (χ3n) is 10.5. The first-order chi connectivity index (χ1) is 19.7. The van der Waals surface area contributed by atoms with Crippen LogP contribution in [0.1, 0.15) is 67.6 Å². The van der Waals surface area contributed by atoms with Gasteiger partial charge in [-0.15, -0.1) is 0 Å². The van der Waals surface area contributed by atoms with Gasteiger partial charge in [-0.1, -0.05) is 12.1 Å². The molecule has 0 unspecified atom stereocenters. The molecule has 1 aromatic carbocycles. The molecule has 7 aliphatic rings. The maximum absolute atomic E-state index is 11.4. The lowest BCUT2D eigenvalue weighted by Crippen LogP contribution is -2.60. The number of rotatable bonds is 5. The number of nitrogens with zero attached hydrogens (tertiary/aromatic N) is 2. The van der Waals surface area contributed by atoms with E-state index in [2.05, 4.69) is 21.9 Å². The SMILES string of the molecule is Oc1c(CN2CCOCC2)cc(C2CCOOC3(OOCC2)C2CC4CC(C2)CC3C4)cc1CN1CCOCC1. The van der Waals surface area contributed by atoms with E-state index < -0.39 is 5.79 Å². The highest BCUT2D eigenvalue weighted by molar-refractivity contribution is 5.45. The van der Waals surface area contributed by atoms with Crippen LogP contribution in [0.3, 0.4) is 0 Å². The van der Waals surface area contributed by atoms with Gasteiger partial charge in [-0.05, 0) is 68.3 Å². The molecule has 0 radical (unpaired) electrons. The first kappa shape index (κ1) is 27.5. The monoisotopic (exact) mass is 558 g/mol. The predicted molar refractivity (Wildman–Crippen MR) is 146 cm³/mol. The van der Waals surface area contributed by atoms with E-state index in [-0.39, 0.29) is 5.92 Å². The lowest BCUT2D eigenvalue weighted by molar-refractivity contribution is -0.551. The van der Waals surface area contributed by atoms with Crippen molar-refractivity contribution in [3.05, 3.63) is 28.8 Å². The van der Waals surface area contributed by atoms with Gasteiger partial charge < -0.3 is 14.6 Å². The second-order valence-corrected chi connectivity index (χ2v) is 13.1. The summed E-state index contributed by atoms with van der Waals surface area (Å²) in [6.45, 7) is 8.96. The fourth-order valence-electron chi connectivity index (χ4n) is 8.52. The van der Waals surface area contributed by atoms with E-state index in [4.69, 9.17) is 29.0 Å². The van der Waals surface area contributed by atoms with Crippen LogP contribution in [0.4, 0.5) is 0 Å². The van der Waals surface area contributed by atoms with Crippen molar-refractivity contribution in [1.82, 2.24) is 9.80 Å². The van der Waals surface area contributed by atoms with Crippen molar-refractivity contribution < 1.29 is 34.1 Å². The Hall–Kier alpha value is -1.30. The second kappa shape index (κ2) is 12.1. The molecule has 1 aromatic rings. The first-order valence-corrected chi connectivity index (χ1v) is 15.7. The number of phenolic OH excluding ortho intramolecular Hbond substituents is 1. The minimum Gasteiger partial charge on any atom is -0.507 e. The standard InChI is InChI=1S/C31H46N2O7/c34-30-26(20-32-3-9-35-10-4-32)18-25(19-27(30)21-33-5-11-36-12-6-33)24-1-7-37-39-31(40-38-8-2-24)28-14-22-13-23(16-28)17-29(31)15-22/h18-19,22-24,28-29,34H,1-17,20-21H2. The molecule has 40 heavy (non-hydrogen) atoms. The molecule has 3 saturated heterocycles. The summed E-state index contributed by atoms with van der Waals surface area (Å²) in [7, 11) is 0. The van der Waals surface area contributed by atoms with Crippen molar-refractivity contribution in [1.29, 1.82) is 0 Å². The van der Waals surface area contributed by atoms with Gasteiger partial charge in [-0.25, -0.2) is 9.78 Å². The van der Waals surface area contributed by atoms with Crippen molar-refractivity contribution in [2.24, 2.45) is 23.7 Å². The zero-order chi connectivity index (χ0) is 26.9. The smallest absolute Gasteiger partial charge is 0.239 e. The highest BCUT2D eigenvalue weighted by Gasteiger charge is 2.61. The van der Waals surface area contributed by atoms with Crippen LogP contribution >= 0.6 is 0 Å². The normalized spacial score (nSPS) is 37.6. The maximum atomic E-state index is 11.4. The van der Waals surface area contributed by atoms with Gasteiger partial charge in [0, 0.05) is 62.2 Å². The van der Waals surface area contributed by atoms with Gasteiger partial charge in [0.05, 0.1) is 39.6 Å². The van der Waals surface area contributed by atoms with Crippen molar-refractivity contribution in [2.45, 2.75) is 69.7 Å². The van der Waals surface area contributed by atoms with Gasteiger partial charge >= 0.3 is 0 Å². The summed E-state index contributed by atoms with van der Waals surface area (Å²) in [4.78, 5) is 29.1. The molecule has 3 heterocycles. The van der Waals surface area contributed by atoms with E-state index in [1.807, 2.05) is 0 Å². The van der Waals surface area contributed by atoms with E-state index in [9.17, 15) is 5.11 Å². The summed E-state index contributed by atoms with van der Waals surface area (Å²) in [5.74, 6) is 2.25. The Morgan fingerprint density at radius 1 is 0.675 bits per heavy atom. The highest BCUT2D eigenvalue weighted by atomic mass is 17.3. The zero-order valence-electron chi connectivity index (χ0n) is 23.8. The number of morpholine rings is 2. The average Bonchev–Trinajstić information content (AvgIpc) is 2.97. The van der Waals surface area contributed by atoms with E-state index in [1.54, 1.807) is 0 Å². The van der Waals surface area contributed by atoms with E-state index in [0.29, 0.717) is 30.8 Å². The van der Waals surface area contributed by atoms with Gasteiger partial charge in [0.1, 0.15) is 5.75 Å². The van der Waals surface area contributed by atoms with Crippen LogP contribution < -0.4 is 0 Å². The summed E-state index contributed by atoms with van der Waals surface area (Å²) in [5.41, 5.74) is 3.20. The Bertz CT molecular complexity index is 926. The fraction of sp³-hybridized carbons (Fsp3) is 0.806. The summed E-state index contributed by atoms with van der Waals surface area (Å²) in [5, 5.41) is 11.4. The number of hydrogen-bond donors (Lipinski definition) is 1. The molecular formula is C31H46N2O7. The first-order valence-electron chi connectivity index (χ1n) is 15.7. The Labute approximate surface area is 237 Å². The third kappa shape index (κ3) is 5.69. The largest absolute Gasteiger partial charge is 0.507 e. The van der Waals surface area contributed by atoms with Crippen LogP contribution in [0.2, 0.25) is 0 Å². The summed E-state index contributed by atoms with van der Waals surface area (Å²) >= 11 is 0. The number of hydrogen-bond acceptors (Lipinski definition) is 9. The van der Waals surface area contributed by atoms with E-state index in [0.717, 1.165) is 127 Å². The van der Waals surface area contributed by atoms with Gasteiger partial charge in [-0.3, -0.25) is 9.80 Å². The van der Waals surface area contributed by atoms with Crippen LogP contribution in [-0.2, 0) is 42.1 Å². The average molecular weight is 559 g/mol. The minimum atomic E-state index is -0.741. The Kier molecular flexibility index (Phi) is 8.35. The van der Waals surface area contributed by atoms with Crippen molar-refractivity contribution in [3.8, 4) is 5.75 Å². The maximum Gasteiger partial charge on any atom is 0.239 e. The van der Waals surface area contributed by atoms with Crippen molar-refractivity contribution in [2.75, 3.05) is 65.8 Å². The molecule has 3 aliphatic heterocycles. The number of phenols is 1. The van der Waals surface area contributed by atoms with Crippen molar-refractivity contribution in [3.63, 3.8) is 0 Å². The molecule has 4 bridgehead atoms. The number of benzene rings is 1. The second-order valence-electron chi connectivity index (χ2n) is 13.1. The lowest BCUT2D eigenvalue weighted by Gasteiger charge is -2.58. The van der Waals surface area contributed by atoms with Crippen LogP contribution in [0.25, 0.3) is 0 Å². The van der Waals surface area contributed by atoms with Gasteiger partial charge in [0.2, 0.25) is 5.79 Å². The third-order valence-corrected chi connectivity index (χ3v) is 10.5. The molecular weight excluding hydrogens is 512 g/mol. The number of aromatic hydroxyl groups is 1. The summed E-state index contributed by atoms with van der Waals surface area (Å²) in [6.07, 6.45) is 7.68. The van der Waals surface area contributed by atoms with E-state index >= 15 is 0 Å². The summed E-state index contributed by atoms with van der Waals surface area (Å²) < 4.78 is 11.1. The molecule has 0 aromatic heterocycles. The Morgan fingerprint density at radius 2 is 1.15 bits per heavy atom. The molecule has 4 saturated carbocycles. The molecule has 8 rings (SSSR count). The van der Waals surface area contributed by atoms with Crippen LogP contribution in [-0.4, -0.2) is 86.5 Å². The molecule has 1 N–H and O–H groups in total. The molecule has 9 nitrogen and oxygen atoms in total. The van der Waals surface area contributed by atoms with Gasteiger partial charge in [0.15, 0.2) is 0 Å².